The Kier molecular flexibility index (Phi) is 6.73. The third kappa shape index (κ3) is 5.15. The van der Waals surface area contributed by atoms with Gasteiger partial charge in [-0.1, -0.05) is 35.0 Å². The molecule has 3 rings (SSSR count). The maximum absolute atomic E-state index is 12.3. The van der Waals surface area contributed by atoms with Gasteiger partial charge in [-0.05, 0) is 37.9 Å². The third-order valence-corrected chi connectivity index (χ3v) is 4.70. The van der Waals surface area contributed by atoms with Crippen molar-refractivity contribution < 1.29 is 9.32 Å². The molecule has 0 bridgehead atoms. The summed E-state index contributed by atoms with van der Waals surface area (Å²) in [7, 11) is 3.92. The molecule has 1 unspecified atom stereocenters. The van der Waals surface area contributed by atoms with E-state index in [1.165, 1.54) is 0 Å². The topological polar surface area (TPSA) is 84.2 Å². The Bertz CT molecular complexity index is 914. The van der Waals surface area contributed by atoms with Gasteiger partial charge in [0.15, 0.2) is 0 Å². The highest BCUT2D eigenvalue weighted by molar-refractivity contribution is 6.31. The van der Waals surface area contributed by atoms with Gasteiger partial charge < -0.3 is 14.7 Å². The average molecular weight is 400 g/mol. The second-order valence-corrected chi connectivity index (χ2v) is 6.96. The van der Waals surface area contributed by atoms with Gasteiger partial charge in [0.25, 0.3) is 0 Å². The first-order valence-corrected chi connectivity index (χ1v) is 9.33. The number of nitrogens with zero attached hydrogens (tertiary/aromatic N) is 4. The smallest absolute Gasteiger partial charge is 0.227 e. The van der Waals surface area contributed by atoms with Crippen LogP contribution >= 0.6 is 11.6 Å². The lowest BCUT2D eigenvalue weighted by Crippen LogP contribution is -2.34. The van der Waals surface area contributed by atoms with E-state index >= 15 is 0 Å². The Morgan fingerprint density at radius 1 is 1.21 bits per heavy atom. The fraction of sp³-hybridized carbons (Fsp3) is 0.300. The van der Waals surface area contributed by atoms with Crippen LogP contribution in [0, 0.1) is 0 Å². The van der Waals surface area contributed by atoms with Gasteiger partial charge in [0, 0.05) is 42.4 Å². The minimum atomic E-state index is -0.0810. The van der Waals surface area contributed by atoms with E-state index in [2.05, 4.69) is 20.4 Å². The van der Waals surface area contributed by atoms with Gasteiger partial charge in [0.1, 0.15) is 0 Å². The average Bonchev–Trinajstić information content (AvgIpc) is 3.17. The molecule has 0 saturated heterocycles. The summed E-state index contributed by atoms with van der Waals surface area (Å²) in [6, 6.07) is 11.2. The number of likely N-dealkylation sites (N-methyl/N-ethyl adjacent to an activating group) is 1. The normalized spacial score (nSPS) is 12.1. The Hall–Kier alpha value is -2.77. The van der Waals surface area contributed by atoms with Crippen LogP contribution in [0.25, 0.3) is 11.4 Å². The second kappa shape index (κ2) is 9.43. The highest BCUT2D eigenvalue weighted by Crippen LogP contribution is 2.25. The summed E-state index contributed by atoms with van der Waals surface area (Å²) in [5.74, 6) is 0.837. The van der Waals surface area contributed by atoms with Crippen LogP contribution in [-0.2, 0) is 11.2 Å². The molecule has 0 radical (unpaired) electrons. The van der Waals surface area contributed by atoms with Gasteiger partial charge in [-0.3, -0.25) is 9.78 Å². The molecule has 28 heavy (non-hydrogen) atoms. The molecule has 2 heterocycles. The molecule has 1 aromatic carbocycles. The minimum absolute atomic E-state index is 0.0145. The lowest BCUT2D eigenvalue weighted by atomic mass is 10.1. The lowest BCUT2D eigenvalue weighted by molar-refractivity contribution is -0.121. The molecule has 1 atom stereocenters. The molecular weight excluding hydrogens is 378 g/mol. The Morgan fingerprint density at radius 3 is 2.68 bits per heavy atom. The number of halogens is 1. The fourth-order valence-electron chi connectivity index (χ4n) is 2.81. The number of pyridine rings is 1. The molecule has 3 aromatic rings. The van der Waals surface area contributed by atoms with E-state index in [4.69, 9.17) is 16.1 Å². The van der Waals surface area contributed by atoms with Crippen molar-refractivity contribution in [3.05, 3.63) is 65.3 Å². The number of aromatic nitrogens is 3. The molecule has 0 aliphatic heterocycles. The van der Waals surface area contributed by atoms with Gasteiger partial charge in [-0.2, -0.15) is 4.98 Å². The van der Waals surface area contributed by atoms with Crippen LogP contribution in [0.5, 0.6) is 0 Å². The van der Waals surface area contributed by atoms with Crippen LogP contribution in [0.1, 0.15) is 23.9 Å². The zero-order chi connectivity index (χ0) is 19.9. The van der Waals surface area contributed by atoms with Gasteiger partial charge in [0.2, 0.25) is 17.6 Å². The molecule has 8 heteroatoms. The monoisotopic (exact) mass is 399 g/mol. The van der Waals surface area contributed by atoms with Crippen LogP contribution in [0.4, 0.5) is 0 Å². The van der Waals surface area contributed by atoms with E-state index in [9.17, 15) is 4.79 Å². The summed E-state index contributed by atoms with van der Waals surface area (Å²) < 4.78 is 5.23. The molecule has 1 amide bonds. The van der Waals surface area contributed by atoms with Crippen molar-refractivity contribution in [2.45, 2.75) is 18.9 Å². The van der Waals surface area contributed by atoms with E-state index in [0.717, 1.165) is 11.1 Å². The minimum Gasteiger partial charge on any atom is -0.354 e. The van der Waals surface area contributed by atoms with E-state index in [-0.39, 0.29) is 18.4 Å². The quantitative estimate of drug-likeness (QED) is 0.626. The van der Waals surface area contributed by atoms with Crippen molar-refractivity contribution in [1.29, 1.82) is 0 Å². The van der Waals surface area contributed by atoms with E-state index in [1.807, 2.05) is 43.3 Å². The summed E-state index contributed by atoms with van der Waals surface area (Å²) >= 11 is 6.30. The zero-order valence-electron chi connectivity index (χ0n) is 15.8. The molecule has 146 valence electrons. The van der Waals surface area contributed by atoms with Crippen molar-refractivity contribution in [3.63, 3.8) is 0 Å². The first-order chi connectivity index (χ1) is 13.5. The number of benzene rings is 1. The summed E-state index contributed by atoms with van der Waals surface area (Å²) in [5.41, 5.74) is 1.80. The summed E-state index contributed by atoms with van der Waals surface area (Å²) in [6.07, 6.45) is 3.97. The van der Waals surface area contributed by atoms with Crippen molar-refractivity contribution in [2.24, 2.45) is 0 Å². The first kappa shape index (κ1) is 20.0. The number of hydrogen-bond donors (Lipinski definition) is 1. The first-order valence-electron chi connectivity index (χ1n) is 8.95. The number of rotatable bonds is 8. The summed E-state index contributed by atoms with van der Waals surface area (Å²) in [4.78, 5) is 22.6. The van der Waals surface area contributed by atoms with Crippen molar-refractivity contribution in [1.82, 2.24) is 25.3 Å². The number of amides is 1. The van der Waals surface area contributed by atoms with E-state index < -0.39 is 0 Å². The number of carbonyl (C=O) groups is 1. The van der Waals surface area contributed by atoms with Crippen molar-refractivity contribution in [3.8, 4) is 11.4 Å². The maximum Gasteiger partial charge on any atom is 0.227 e. The van der Waals surface area contributed by atoms with Gasteiger partial charge in [0.05, 0.1) is 6.04 Å². The summed E-state index contributed by atoms with van der Waals surface area (Å²) in [5, 5.41) is 7.59. The predicted octanol–water partition coefficient (Wildman–Crippen LogP) is 3.14. The van der Waals surface area contributed by atoms with Gasteiger partial charge >= 0.3 is 0 Å². The van der Waals surface area contributed by atoms with Crippen LogP contribution in [0.3, 0.4) is 0 Å². The largest absolute Gasteiger partial charge is 0.354 e. The van der Waals surface area contributed by atoms with E-state index in [1.54, 1.807) is 24.5 Å². The van der Waals surface area contributed by atoms with Crippen molar-refractivity contribution in [2.75, 3.05) is 20.6 Å². The number of carbonyl (C=O) groups excluding carboxylic acids is 1. The van der Waals surface area contributed by atoms with Crippen LogP contribution in [-0.4, -0.2) is 46.6 Å². The fourth-order valence-corrected chi connectivity index (χ4v) is 3.07. The van der Waals surface area contributed by atoms with Gasteiger partial charge in [-0.15, -0.1) is 0 Å². The molecule has 7 nitrogen and oxygen atoms in total. The van der Waals surface area contributed by atoms with Gasteiger partial charge in [-0.25, -0.2) is 0 Å². The highest BCUT2D eigenvalue weighted by atomic mass is 35.5. The molecule has 0 saturated carbocycles. The Balaban J connectivity index is 1.53. The maximum atomic E-state index is 12.3. The van der Waals surface area contributed by atoms with Crippen molar-refractivity contribution >= 4 is 17.5 Å². The number of hydrogen-bond acceptors (Lipinski definition) is 6. The zero-order valence-corrected chi connectivity index (χ0v) is 16.6. The van der Waals surface area contributed by atoms with Crippen LogP contribution in [0.15, 0.2) is 53.3 Å². The molecule has 1 N–H and O–H groups in total. The molecule has 0 aliphatic carbocycles. The molecular formula is C20H22ClN5O2. The number of nitrogens with one attached hydrogen (secondary N) is 1. The lowest BCUT2D eigenvalue weighted by Gasteiger charge is -2.26. The summed E-state index contributed by atoms with van der Waals surface area (Å²) in [6.45, 7) is 0.460. The Morgan fingerprint density at radius 2 is 1.96 bits per heavy atom. The molecule has 0 aliphatic rings. The number of aryl methyl sites for hydroxylation is 1. The predicted molar refractivity (Wildman–Crippen MR) is 107 cm³/mol. The van der Waals surface area contributed by atoms with Crippen LogP contribution < -0.4 is 5.32 Å². The SMILES string of the molecule is CN(C)C(CNC(=O)CCc1nc(-c2ccncc2)no1)c1ccccc1Cl. The molecule has 0 fully saturated rings. The molecule has 0 spiro atoms. The van der Waals surface area contributed by atoms with Crippen LogP contribution in [0.2, 0.25) is 5.02 Å². The second-order valence-electron chi connectivity index (χ2n) is 6.55. The third-order valence-electron chi connectivity index (χ3n) is 4.35. The Labute approximate surface area is 168 Å². The molecule has 2 aromatic heterocycles. The van der Waals surface area contributed by atoms with E-state index in [0.29, 0.717) is 29.7 Å². The standard InChI is InChI=1S/C20H22ClN5O2/c1-26(2)17(15-5-3-4-6-16(15)21)13-23-18(27)7-8-19-24-20(25-28-19)14-9-11-22-12-10-14/h3-6,9-12,17H,7-8,13H2,1-2H3,(H,23,27). The highest BCUT2D eigenvalue weighted by Gasteiger charge is 2.18.